The Labute approximate surface area is 229 Å². The topological polar surface area (TPSA) is 106 Å². The summed E-state index contributed by atoms with van der Waals surface area (Å²) in [6, 6.07) is 13.4. The summed E-state index contributed by atoms with van der Waals surface area (Å²) in [5, 5.41) is 21.9. The molecule has 198 valence electrons. The summed E-state index contributed by atoms with van der Waals surface area (Å²) in [5.74, 6) is -1.38. The number of amides is 1. The first-order chi connectivity index (χ1) is 18.2. The molecule has 0 aliphatic carbocycles. The Morgan fingerprint density at radius 2 is 1.66 bits per heavy atom. The number of aliphatic hydroxyl groups excluding tert-OH is 1. The second-order valence-corrected chi connectivity index (χ2v) is 9.19. The molecule has 1 saturated heterocycles. The fourth-order valence-corrected chi connectivity index (χ4v) is 5.07. The van der Waals surface area contributed by atoms with Crippen LogP contribution in [0.15, 0.2) is 60.2 Å². The van der Waals surface area contributed by atoms with Crippen LogP contribution in [0.1, 0.15) is 29.7 Å². The molecule has 8 nitrogen and oxygen atoms in total. The van der Waals surface area contributed by atoms with Crippen LogP contribution in [0.2, 0.25) is 10.0 Å². The molecular weight excluding hydrogens is 533 g/mol. The fraction of sp³-hybridized carbons (Fsp3) is 0.214. The zero-order chi connectivity index (χ0) is 27.6. The monoisotopic (exact) mass is 557 g/mol. The lowest BCUT2D eigenvalue weighted by Gasteiger charge is -2.26. The zero-order valence-electron chi connectivity index (χ0n) is 20.8. The molecule has 1 fully saturated rings. The van der Waals surface area contributed by atoms with E-state index in [4.69, 9.17) is 37.4 Å². The van der Waals surface area contributed by atoms with E-state index in [0.29, 0.717) is 16.9 Å². The van der Waals surface area contributed by atoms with Gasteiger partial charge in [0.25, 0.3) is 11.7 Å². The maximum absolute atomic E-state index is 13.4. The van der Waals surface area contributed by atoms with E-state index in [1.165, 1.54) is 43.4 Å². The summed E-state index contributed by atoms with van der Waals surface area (Å²) < 4.78 is 16.1. The number of methoxy groups -OCH3 is 2. The minimum Gasteiger partial charge on any atom is -0.507 e. The summed E-state index contributed by atoms with van der Waals surface area (Å²) in [6.07, 6.45) is 0. The highest BCUT2D eigenvalue weighted by Crippen LogP contribution is 2.44. The number of benzene rings is 3. The highest BCUT2D eigenvalue weighted by molar-refractivity contribution is 6.46. The third-order valence-electron chi connectivity index (χ3n) is 6.15. The van der Waals surface area contributed by atoms with Crippen LogP contribution in [0.5, 0.6) is 23.0 Å². The summed E-state index contributed by atoms with van der Waals surface area (Å²) >= 11 is 12.6. The average Bonchev–Trinajstić information content (AvgIpc) is 3.14. The number of Topliss-reactive ketones (excluding diaryl/α,β-unsaturated/α-hetero) is 1. The SMILES string of the molecule is CCOc1cc(C2/C(=C(\O)c3cc(Cl)c(OC)c(Cl)c3)C(=O)C(=O)N2Cc2ccccc2OC)ccc1O. The molecule has 1 heterocycles. The van der Waals surface area contributed by atoms with E-state index in [1.54, 1.807) is 37.3 Å². The largest absolute Gasteiger partial charge is 0.507 e. The number of carbonyl (C=O) groups excluding carboxylic acids is 2. The molecular formula is C28H25Cl2NO7. The molecule has 0 saturated carbocycles. The van der Waals surface area contributed by atoms with Crippen molar-refractivity contribution in [2.45, 2.75) is 19.5 Å². The van der Waals surface area contributed by atoms with Crippen molar-refractivity contribution in [3.05, 3.63) is 86.9 Å². The van der Waals surface area contributed by atoms with Gasteiger partial charge in [-0.3, -0.25) is 9.59 Å². The van der Waals surface area contributed by atoms with Crippen LogP contribution in [-0.2, 0) is 16.1 Å². The maximum atomic E-state index is 13.4. The summed E-state index contributed by atoms with van der Waals surface area (Å²) in [7, 11) is 2.91. The molecule has 0 bridgehead atoms. The smallest absolute Gasteiger partial charge is 0.295 e. The van der Waals surface area contributed by atoms with Crippen molar-refractivity contribution in [2.75, 3.05) is 20.8 Å². The second kappa shape index (κ2) is 11.2. The predicted octanol–water partition coefficient (Wildman–Crippen LogP) is 5.74. The molecule has 1 aliphatic rings. The Balaban J connectivity index is 1.93. The number of ether oxygens (including phenoxy) is 3. The molecule has 1 aliphatic heterocycles. The van der Waals surface area contributed by atoms with E-state index in [0.717, 1.165) is 0 Å². The van der Waals surface area contributed by atoms with Crippen LogP contribution in [0.25, 0.3) is 5.76 Å². The number of para-hydroxylation sites is 1. The number of rotatable bonds is 8. The average molecular weight is 558 g/mol. The quantitative estimate of drug-likeness (QED) is 0.207. The lowest BCUT2D eigenvalue weighted by Crippen LogP contribution is -2.29. The standard InChI is InChI=1S/C28H25Cl2NO7/c1-4-38-22-13-15(9-10-20(22)32)24-23(25(33)17-11-18(29)27(37-3)19(30)12-17)26(34)28(35)31(24)14-16-7-5-6-8-21(16)36-2/h5-13,24,32-33H,4,14H2,1-3H3/b25-23+. The van der Waals surface area contributed by atoms with E-state index < -0.39 is 23.5 Å². The number of carbonyl (C=O) groups is 2. The van der Waals surface area contributed by atoms with Gasteiger partial charge in [-0.1, -0.05) is 47.5 Å². The first-order valence-corrected chi connectivity index (χ1v) is 12.4. The van der Waals surface area contributed by atoms with E-state index in [1.807, 2.05) is 0 Å². The van der Waals surface area contributed by atoms with E-state index in [-0.39, 0.29) is 51.6 Å². The lowest BCUT2D eigenvalue weighted by molar-refractivity contribution is -0.140. The van der Waals surface area contributed by atoms with Crippen LogP contribution in [0, 0.1) is 0 Å². The molecule has 3 aromatic rings. The number of phenols is 1. The molecule has 3 aromatic carbocycles. The molecule has 10 heteroatoms. The van der Waals surface area contributed by atoms with E-state index in [9.17, 15) is 19.8 Å². The molecule has 1 atom stereocenters. The lowest BCUT2D eigenvalue weighted by atomic mass is 9.94. The minimum absolute atomic E-state index is 0.00496. The van der Waals surface area contributed by atoms with Crippen molar-refractivity contribution in [3.8, 4) is 23.0 Å². The molecule has 38 heavy (non-hydrogen) atoms. The molecule has 1 unspecified atom stereocenters. The maximum Gasteiger partial charge on any atom is 0.295 e. The van der Waals surface area contributed by atoms with Crippen LogP contribution in [0.4, 0.5) is 0 Å². The van der Waals surface area contributed by atoms with Crippen LogP contribution in [-0.4, -0.2) is 47.6 Å². The van der Waals surface area contributed by atoms with Gasteiger partial charge in [0, 0.05) is 11.1 Å². The van der Waals surface area contributed by atoms with Gasteiger partial charge in [0.1, 0.15) is 11.5 Å². The number of aromatic hydroxyl groups is 1. The summed E-state index contributed by atoms with van der Waals surface area (Å²) in [4.78, 5) is 28.1. The first kappa shape index (κ1) is 27.2. The number of phenolic OH excluding ortho intramolecular Hbond substituents is 1. The molecule has 0 aromatic heterocycles. The number of halogens is 2. The predicted molar refractivity (Wildman–Crippen MR) is 143 cm³/mol. The zero-order valence-corrected chi connectivity index (χ0v) is 22.3. The van der Waals surface area contributed by atoms with Gasteiger partial charge < -0.3 is 29.3 Å². The van der Waals surface area contributed by atoms with Crippen LogP contribution >= 0.6 is 23.2 Å². The highest BCUT2D eigenvalue weighted by Gasteiger charge is 2.46. The van der Waals surface area contributed by atoms with Gasteiger partial charge in [-0.25, -0.2) is 0 Å². The van der Waals surface area contributed by atoms with Gasteiger partial charge in [0.2, 0.25) is 0 Å². The van der Waals surface area contributed by atoms with E-state index >= 15 is 0 Å². The van der Waals surface area contributed by atoms with Crippen molar-refractivity contribution in [2.24, 2.45) is 0 Å². The Morgan fingerprint density at radius 3 is 2.29 bits per heavy atom. The molecule has 0 spiro atoms. The third-order valence-corrected chi connectivity index (χ3v) is 6.71. The van der Waals surface area contributed by atoms with Crippen LogP contribution < -0.4 is 14.2 Å². The normalized spacial score (nSPS) is 16.6. The van der Waals surface area contributed by atoms with Gasteiger partial charge in [-0.15, -0.1) is 0 Å². The Hall–Kier alpha value is -3.88. The minimum atomic E-state index is -1.03. The number of hydrogen-bond donors (Lipinski definition) is 2. The van der Waals surface area contributed by atoms with Gasteiger partial charge in [0.15, 0.2) is 17.2 Å². The van der Waals surface area contributed by atoms with Crippen molar-refractivity contribution in [1.29, 1.82) is 0 Å². The molecule has 2 N–H and O–H groups in total. The van der Waals surface area contributed by atoms with Crippen molar-refractivity contribution < 1.29 is 34.0 Å². The van der Waals surface area contributed by atoms with Gasteiger partial charge >= 0.3 is 0 Å². The Kier molecular flexibility index (Phi) is 8.04. The Morgan fingerprint density at radius 1 is 0.974 bits per heavy atom. The second-order valence-electron chi connectivity index (χ2n) is 8.37. The summed E-state index contributed by atoms with van der Waals surface area (Å²) in [5.41, 5.74) is 1.05. The van der Waals surface area contributed by atoms with E-state index in [2.05, 4.69) is 0 Å². The van der Waals surface area contributed by atoms with Gasteiger partial charge in [-0.05, 0) is 42.8 Å². The first-order valence-electron chi connectivity index (χ1n) is 11.6. The summed E-state index contributed by atoms with van der Waals surface area (Å²) in [6.45, 7) is 2.04. The van der Waals surface area contributed by atoms with Crippen molar-refractivity contribution >= 4 is 40.7 Å². The number of hydrogen-bond acceptors (Lipinski definition) is 7. The number of ketones is 1. The fourth-order valence-electron chi connectivity index (χ4n) is 4.43. The Bertz CT molecular complexity index is 1410. The number of likely N-dealkylation sites (tertiary alicyclic amines) is 1. The molecule has 0 radical (unpaired) electrons. The van der Waals surface area contributed by atoms with Crippen LogP contribution in [0.3, 0.4) is 0 Å². The third kappa shape index (κ3) is 4.97. The highest BCUT2D eigenvalue weighted by atomic mass is 35.5. The molecule has 1 amide bonds. The molecule has 4 rings (SSSR count). The van der Waals surface area contributed by atoms with Crippen molar-refractivity contribution in [1.82, 2.24) is 4.90 Å². The van der Waals surface area contributed by atoms with Gasteiger partial charge in [0.05, 0.1) is 49.0 Å². The number of aliphatic hydroxyl groups is 1. The number of nitrogens with zero attached hydrogens (tertiary/aromatic N) is 1. The van der Waals surface area contributed by atoms with Gasteiger partial charge in [-0.2, -0.15) is 0 Å². The van der Waals surface area contributed by atoms with Crippen molar-refractivity contribution in [3.63, 3.8) is 0 Å².